The summed E-state index contributed by atoms with van der Waals surface area (Å²) in [6, 6.07) is 8.65. The molecule has 144 valence electrons. The molecule has 0 heterocycles. The first kappa shape index (κ1) is 20.8. The number of carbonyl (C=O) groups is 1. The average molecular weight is 412 g/mol. The molecule has 0 radical (unpaired) electrons. The molecule has 0 aliphatic carbocycles. The number of carbonyl (C=O) groups excluding carboxylic acids is 1. The van der Waals surface area contributed by atoms with Crippen LogP contribution in [0.3, 0.4) is 0 Å². The van der Waals surface area contributed by atoms with Crippen molar-refractivity contribution >= 4 is 33.2 Å². The maximum atomic E-state index is 12.8. The lowest BCUT2D eigenvalue weighted by molar-refractivity contribution is -0.385. The molecule has 2 aromatic carbocycles. The van der Waals surface area contributed by atoms with E-state index in [0.29, 0.717) is 11.1 Å². The average Bonchev–Trinajstić information content (AvgIpc) is 2.63. The quantitative estimate of drug-likeness (QED) is 0.580. The fourth-order valence-electron chi connectivity index (χ4n) is 2.41. The summed E-state index contributed by atoms with van der Waals surface area (Å²) in [5.74, 6) is -0.246. The summed E-state index contributed by atoms with van der Waals surface area (Å²) in [5, 5.41) is 13.6. The molecule has 0 aromatic heterocycles. The minimum Gasteiger partial charge on any atom is -0.355 e. The zero-order valence-electron chi connectivity index (χ0n) is 14.9. The Kier molecular flexibility index (Phi) is 6.19. The Balaban J connectivity index is 2.31. The third kappa shape index (κ3) is 4.44. The van der Waals surface area contributed by atoms with Crippen molar-refractivity contribution in [1.29, 1.82) is 0 Å². The van der Waals surface area contributed by atoms with Gasteiger partial charge in [-0.3, -0.25) is 14.9 Å². The van der Waals surface area contributed by atoms with E-state index in [1.54, 1.807) is 24.3 Å². The Labute approximate surface area is 162 Å². The standard InChI is InChI=1S/C17H18ClN3O5S/c1-11-15(18)8-14(9-16(11)21(23)24)27(25,26)20(3)10-12-4-6-13(7-5-12)17(22)19-2/h4-9H,10H2,1-3H3,(H,19,22). The van der Waals surface area contributed by atoms with Gasteiger partial charge in [0.25, 0.3) is 11.6 Å². The van der Waals surface area contributed by atoms with E-state index in [9.17, 15) is 23.3 Å². The van der Waals surface area contributed by atoms with Crippen LogP contribution in [-0.2, 0) is 16.6 Å². The second-order valence-corrected chi connectivity index (χ2v) is 8.30. The number of amides is 1. The van der Waals surface area contributed by atoms with Crippen molar-refractivity contribution in [2.24, 2.45) is 0 Å². The van der Waals surface area contributed by atoms with Gasteiger partial charge in [-0.05, 0) is 30.7 Å². The maximum absolute atomic E-state index is 12.8. The van der Waals surface area contributed by atoms with Crippen molar-refractivity contribution in [3.8, 4) is 0 Å². The number of nitrogens with zero attached hydrogens (tertiary/aromatic N) is 2. The number of halogens is 1. The van der Waals surface area contributed by atoms with Gasteiger partial charge in [-0.25, -0.2) is 8.42 Å². The summed E-state index contributed by atoms with van der Waals surface area (Å²) in [6.45, 7) is 1.48. The van der Waals surface area contributed by atoms with Crippen LogP contribution in [0.4, 0.5) is 5.69 Å². The van der Waals surface area contributed by atoms with Crippen molar-refractivity contribution in [3.63, 3.8) is 0 Å². The van der Waals surface area contributed by atoms with Crippen LogP contribution in [0.25, 0.3) is 0 Å². The van der Waals surface area contributed by atoms with Crippen molar-refractivity contribution in [3.05, 3.63) is 68.2 Å². The molecular formula is C17H18ClN3O5S. The van der Waals surface area contributed by atoms with Crippen LogP contribution in [0.5, 0.6) is 0 Å². The first-order valence-electron chi connectivity index (χ1n) is 7.79. The maximum Gasteiger partial charge on any atom is 0.275 e. The first-order valence-corrected chi connectivity index (χ1v) is 9.61. The minimum absolute atomic E-state index is 0.00565. The van der Waals surface area contributed by atoms with Crippen LogP contribution in [0.1, 0.15) is 21.5 Å². The van der Waals surface area contributed by atoms with Gasteiger partial charge >= 0.3 is 0 Å². The molecule has 2 rings (SSSR count). The Morgan fingerprint density at radius 1 is 1.26 bits per heavy atom. The molecule has 1 amide bonds. The molecule has 1 N–H and O–H groups in total. The van der Waals surface area contributed by atoms with Gasteiger partial charge in [0.05, 0.1) is 14.8 Å². The predicted molar refractivity (Wildman–Crippen MR) is 101 cm³/mol. The van der Waals surface area contributed by atoms with E-state index in [4.69, 9.17) is 11.6 Å². The van der Waals surface area contributed by atoms with Crippen LogP contribution in [0.2, 0.25) is 5.02 Å². The normalized spacial score (nSPS) is 11.4. The summed E-state index contributed by atoms with van der Waals surface area (Å²) in [7, 11) is -1.12. The van der Waals surface area contributed by atoms with E-state index in [1.807, 2.05) is 0 Å². The molecule has 10 heteroatoms. The molecule has 0 aliphatic rings. The monoisotopic (exact) mass is 411 g/mol. The zero-order chi connectivity index (χ0) is 20.4. The Morgan fingerprint density at radius 2 is 1.85 bits per heavy atom. The van der Waals surface area contributed by atoms with Gasteiger partial charge in [-0.1, -0.05) is 23.7 Å². The molecule has 0 fully saturated rings. The smallest absolute Gasteiger partial charge is 0.275 e. The molecule has 0 bridgehead atoms. The molecule has 0 saturated carbocycles. The fraction of sp³-hybridized carbons (Fsp3) is 0.235. The predicted octanol–water partition coefficient (Wildman–Crippen LogP) is 2.74. The fourth-order valence-corrected chi connectivity index (χ4v) is 3.89. The third-order valence-corrected chi connectivity index (χ3v) is 6.22. The molecule has 0 aliphatic heterocycles. The SMILES string of the molecule is CNC(=O)c1ccc(CN(C)S(=O)(=O)c2cc(Cl)c(C)c([N+](=O)[O-])c2)cc1. The van der Waals surface area contributed by atoms with Gasteiger partial charge in [0.15, 0.2) is 0 Å². The second-order valence-electron chi connectivity index (χ2n) is 5.84. The summed E-state index contributed by atoms with van der Waals surface area (Å²) >= 11 is 5.97. The topological polar surface area (TPSA) is 110 Å². The summed E-state index contributed by atoms with van der Waals surface area (Å²) in [5.41, 5.74) is 0.951. The molecule has 0 unspecified atom stereocenters. The highest BCUT2D eigenvalue weighted by Gasteiger charge is 2.26. The highest BCUT2D eigenvalue weighted by molar-refractivity contribution is 7.89. The first-order chi connectivity index (χ1) is 12.6. The van der Waals surface area contributed by atoms with Crippen LogP contribution >= 0.6 is 11.6 Å². The summed E-state index contributed by atoms with van der Waals surface area (Å²) in [4.78, 5) is 21.8. The highest BCUT2D eigenvalue weighted by atomic mass is 35.5. The summed E-state index contributed by atoms with van der Waals surface area (Å²) in [6.07, 6.45) is 0. The van der Waals surface area contributed by atoms with Crippen molar-refractivity contribution in [2.45, 2.75) is 18.4 Å². The van der Waals surface area contributed by atoms with Gasteiger partial charge in [-0.15, -0.1) is 0 Å². The van der Waals surface area contributed by atoms with Crippen molar-refractivity contribution in [1.82, 2.24) is 9.62 Å². The molecule has 8 nitrogen and oxygen atoms in total. The lowest BCUT2D eigenvalue weighted by Gasteiger charge is -2.18. The van der Waals surface area contributed by atoms with E-state index in [0.717, 1.165) is 10.4 Å². The number of hydrogen-bond donors (Lipinski definition) is 1. The van der Waals surface area contributed by atoms with Crippen LogP contribution in [0.15, 0.2) is 41.3 Å². The minimum atomic E-state index is -4.00. The van der Waals surface area contributed by atoms with Gasteiger partial charge in [-0.2, -0.15) is 4.31 Å². The van der Waals surface area contributed by atoms with E-state index in [1.165, 1.54) is 27.1 Å². The largest absolute Gasteiger partial charge is 0.355 e. The summed E-state index contributed by atoms with van der Waals surface area (Å²) < 4.78 is 26.6. The van der Waals surface area contributed by atoms with E-state index in [2.05, 4.69) is 5.32 Å². The number of nitrogens with one attached hydrogen (secondary N) is 1. The molecule has 27 heavy (non-hydrogen) atoms. The highest BCUT2D eigenvalue weighted by Crippen LogP contribution is 2.31. The number of rotatable bonds is 6. The van der Waals surface area contributed by atoms with Crippen molar-refractivity contribution < 1.29 is 18.1 Å². The van der Waals surface area contributed by atoms with Crippen LogP contribution in [0, 0.1) is 17.0 Å². The molecule has 2 aromatic rings. The van der Waals surface area contributed by atoms with E-state index < -0.39 is 14.9 Å². The molecule has 0 atom stereocenters. The Hall–Kier alpha value is -2.49. The molecular weight excluding hydrogens is 394 g/mol. The number of nitro groups is 1. The lowest BCUT2D eigenvalue weighted by Crippen LogP contribution is -2.26. The molecule has 0 saturated heterocycles. The van der Waals surface area contributed by atoms with Gasteiger partial charge in [0.2, 0.25) is 10.0 Å². The Morgan fingerprint density at radius 3 is 2.37 bits per heavy atom. The van der Waals surface area contributed by atoms with E-state index >= 15 is 0 Å². The molecule has 0 spiro atoms. The lowest BCUT2D eigenvalue weighted by atomic mass is 10.1. The number of sulfonamides is 1. The number of hydrogen-bond acceptors (Lipinski definition) is 5. The van der Waals surface area contributed by atoms with E-state index in [-0.39, 0.29) is 33.6 Å². The number of benzene rings is 2. The Bertz CT molecular complexity index is 990. The van der Waals surface area contributed by atoms with Gasteiger partial charge in [0, 0.05) is 37.8 Å². The van der Waals surface area contributed by atoms with Crippen molar-refractivity contribution in [2.75, 3.05) is 14.1 Å². The number of nitro benzene ring substituents is 1. The second kappa shape index (κ2) is 8.03. The van der Waals surface area contributed by atoms with Gasteiger partial charge in [0.1, 0.15) is 0 Å². The van der Waals surface area contributed by atoms with Gasteiger partial charge < -0.3 is 5.32 Å². The third-order valence-electron chi connectivity index (χ3n) is 4.04. The van der Waals surface area contributed by atoms with Crippen LogP contribution < -0.4 is 5.32 Å². The van der Waals surface area contributed by atoms with Crippen LogP contribution in [-0.4, -0.2) is 37.6 Å². The zero-order valence-corrected chi connectivity index (χ0v) is 16.5.